The molecule has 3 N–H and O–H groups in total. The molecule has 188 valence electrons. The third-order valence-electron chi connectivity index (χ3n) is 4.90. The second kappa shape index (κ2) is 9.72. The van der Waals surface area contributed by atoms with Crippen LogP contribution in [0.1, 0.15) is 35.6 Å². The molecule has 34 heavy (non-hydrogen) atoms. The fraction of sp³-hybridized carbons (Fsp3) is 0.381. The van der Waals surface area contributed by atoms with Crippen molar-refractivity contribution in [3.63, 3.8) is 0 Å². The molecule has 0 heterocycles. The van der Waals surface area contributed by atoms with E-state index in [4.69, 9.17) is 0 Å². The largest absolute Gasteiger partial charge is 0.423 e. The number of benzene rings is 2. The number of nitrogens with one attached hydrogen (secondary N) is 2. The standard InChI is InChI=1S/C21H19F9N2O2/c1-2-17(33)31-10-12-6-7-15(9-16(12)20(25,26)27)32-11-18(34,21(28,29)30)13-4-3-5-14(8-13)19(22,23)24/h3-9,32,34H,2,10-11H2,1H3,(H,31,33)/t18-/m1/s1. The first-order valence-corrected chi connectivity index (χ1v) is 9.66. The third kappa shape index (κ3) is 6.33. The highest BCUT2D eigenvalue weighted by Gasteiger charge is 2.55. The Kier molecular flexibility index (Phi) is 7.80. The van der Waals surface area contributed by atoms with Gasteiger partial charge in [-0.1, -0.05) is 25.1 Å². The van der Waals surface area contributed by atoms with Crippen molar-refractivity contribution in [2.75, 3.05) is 11.9 Å². The Hall–Kier alpha value is -2.96. The third-order valence-corrected chi connectivity index (χ3v) is 4.90. The quantitative estimate of drug-likeness (QED) is 0.432. The maximum Gasteiger partial charge on any atom is 0.423 e. The van der Waals surface area contributed by atoms with Crippen molar-refractivity contribution in [2.45, 2.75) is 44.0 Å². The number of hydrogen-bond acceptors (Lipinski definition) is 3. The molecular weight excluding hydrogens is 483 g/mol. The highest BCUT2D eigenvalue weighted by atomic mass is 19.4. The molecule has 0 saturated heterocycles. The van der Waals surface area contributed by atoms with Crippen molar-refractivity contribution in [2.24, 2.45) is 0 Å². The SMILES string of the molecule is CCC(=O)NCc1ccc(NC[C@@](O)(c2cccc(C(F)(F)F)c2)C(F)(F)F)cc1C(F)(F)F. The molecule has 1 atom stereocenters. The van der Waals surface area contributed by atoms with Gasteiger partial charge in [-0.05, 0) is 35.4 Å². The number of aliphatic hydroxyl groups is 1. The van der Waals surface area contributed by atoms with Gasteiger partial charge in [-0.15, -0.1) is 0 Å². The first-order chi connectivity index (χ1) is 15.5. The molecule has 0 aromatic heterocycles. The zero-order valence-electron chi connectivity index (χ0n) is 17.4. The van der Waals surface area contributed by atoms with E-state index in [-0.39, 0.29) is 18.1 Å². The van der Waals surface area contributed by atoms with E-state index in [1.54, 1.807) is 0 Å². The van der Waals surface area contributed by atoms with E-state index in [1.807, 2.05) is 5.32 Å². The minimum absolute atomic E-state index is 0.0204. The zero-order valence-corrected chi connectivity index (χ0v) is 17.4. The average molecular weight is 502 g/mol. The number of carbonyl (C=O) groups is 1. The summed E-state index contributed by atoms with van der Waals surface area (Å²) in [7, 11) is 0. The summed E-state index contributed by atoms with van der Waals surface area (Å²) in [4.78, 5) is 11.3. The van der Waals surface area contributed by atoms with Gasteiger partial charge in [0.15, 0.2) is 0 Å². The summed E-state index contributed by atoms with van der Waals surface area (Å²) in [6.45, 7) is -0.473. The zero-order chi connectivity index (χ0) is 25.9. The normalized spacial score (nSPS) is 14.4. The predicted octanol–water partition coefficient (Wildman–Crippen LogP) is 5.61. The summed E-state index contributed by atoms with van der Waals surface area (Å²) in [5.41, 5.74) is -8.51. The van der Waals surface area contributed by atoms with Gasteiger partial charge < -0.3 is 15.7 Å². The number of rotatable bonds is 7. The average Bonchev–Trinajstić information content (AvgIpc) is 2.74. The Morgan fingerprint density at radius 3 is 2.03 bits per heavy atom. The van der Waals surface area contributed by atoms with E-state index in [0.29, 0.717) is 24.3 Å². The number of hydrogen-bond donors (Lipinski definition) is 3. The van der Waals surface area contributed by atoms with Gasteiger partial charge in [0.1, 0.15) is 0 Å². The molecule has 0 saturated carbocycles. The Morgan fingerprint density at radius 2 is 1.50 bits per heavy atom. The number of anilines is 1. The number of halogens is 9. The van der Waals surface area contributed by atoms with E-state index < -0.39 is 65.5 Å². The highest BCUT2D eigenvalue weighted by molar-refractivity contribution is 5.75. The molecule has 0 unspecified atom stereocenters. The molecule has 0 aliphatic rings. The van der Waals surface area contributed by atoms with Crippen molar-refractivity contribution in [1.29, 1.82) is 0 Å². The molecule has 0 aliphatic carbocycles. The fourth-order valence-electron chi connectivity index (χ4n) is 2.97. The summed E-state index contributed by atoms with van der Waals surface area (Å²) in [5, 5.41) is 14.6. The van der Waals surface area contributed by atoms with Crippen molar-refractivity contribution in [3.8, 4) is 0 Å². The number of carbonyl (C=O) groups excluding carboxylic acids is 1. The second-order valence-electron chi connectivity index (χ2n) is 7.29. The first kappa shape index (κ1) is 27.3. The molecule has 13 heteroatoms. The maximum atomic E-state index is 13.7. The minimum Gasteiger partial charge on any atom is -0.381 e. The van der Waals surface area contributed by atoms with Crippen LogP contribution in [0.4, 0.5) is 45.2 Å². The van der Waals surface area contributed by atoms with E-state index in [9.17, 15) is 49.4 Å². The summed E-state index contributed by atoms with van der Waals surface area (Å²) >= 11 is 0. The van der Waals surface area contributed by atoms with E-state index in [0.717, 1.165) is 12.1 Å². The Bertz CT molecular complexity index is 1020. The van der Waals surface area contributed by atoms with Crippen LogP contribution in [0.5, 0.6) is 0 Å². The van der Waals surface area contributed by atoms with Crippen LogP contribution in [0.15, 0.2) is 42.5 Å². The van der Waals surface area contributed by atoms with Gasteiger partial charge in [-0.25, -0.2) is 0 Å². The van der Waals surface area contributed by atoms with Gasteiger partial charge in [0.05, 0.1) is 17.7 Å². The summed E-state index contributed by atoms with van der Waals surface area (Å²) in [6, 6.07) is 4.34. The molecule has 0 fully saturated rings. The fourth-order valence-corrected chi connectivity index (χ4v) is 2.97. The van der Waals surface area contributed by atoms with E-state index in [1.165, 1.54) is 6.92 Å². The summed E-state index contributed by atoms with van der Waals surface area (Å²) in [6.07, 6.45) is -15.4. The molecule has 2 aromatic rings. The van der Waals surface area contributed by atoms with Crippen LogP contribution in [0, 0.1) is 0 Å². The lowest BCUT2D eigenvalue weighted by molar-refractivity contribution is -0.260. The van der Waals surface area contributed by atoms with Gasteiger partial charge in [0.25, 0.3) is 0 Å². The molecular formula is C21H19F9N2O2. The van der Waals surface area contributed by atoms with Crippen LogP contribution < -0.4 is 10.6 Å². The molecule has 0 bridgehead atoms. The van der Waals surface area contributed by atoms with Crippen LogP contribution in [0.2, 0.25) is 0 Å². The molecule has 1 amide bonds. The van der Waals surface area contributed by atoms with Crippen LogP contribution >= 0.6 is 0 Å². The second-order valence-corrected chi connectivity index (χ2v) is 7.29. The summed E-state index contributed by atoms with van der Waals surface area (Å²) < 4.78 is 120. The van der Waals surface area contributed by atoms with Gasteiger partial charge in [0.2, 0.25) is 11.5 Å². The van der Waals surface area contributed by atoms with Crippen LogP contribution in [0.25, 0.3) is 0 Å². The monoisotopic (exact) mass is 502 g/mol. The Labute approximate surface area is 187 Å². The molecule has 4 nitrogen and oxygen atoms in total. The molecule has 0 spiro atoms. The van der Waals surface area contributed by atoms with Crippen molar-refractivity contribution in [1.82, 2.24) is 5.32 Å². The number of alkyl halides is 9. The lowest BCUT2D eigenvalue weighted by Crippen LogP contribution is -2.48. The van der Waals surface area contributed by atoms with Gasteiger partial charge >= 0.3 is 18.5 Å². The van der Waals surface area contributed by atoms with Crippen molar-refractivity contribution in [3.05, 3.63) is 64.7 Å². The first-order valence-electron chi connectivity index (χ1n) is 9.66. The molecule has 2 rings (SSSR count). The lowest BCUT2D eigenvalue weighted by Gasteiger charge is -2.32. The van der Waals surface area contributed by atoms with Crippen molar-refractivity contribution >= 4 is 11.6 Å². The minimum atomic E-state index is -5.47. The lowest BCUT2D eigenvalue weighted by atomic mass is 9.91. The maximum absolute atomic E-state index is 13.7. The Morgan fingerprint density at radius 1 is 0.882 bits per heavy atom. The Balaban J connectivity index is 2.38. The summed E-state index contributed by atoms with van der Waals surface area (Å²) in [5.74, 6) is -0.522. The smallest absolute Gasteiger partial charge is 0.381 e. The van der Waals surface area contributed by atoms with E-state index >= 15 is 0 Å². The van der Waals surface area contributed by atoms with Crippen LogP contribution in [-0.2, 0) is 29.3 Å². The highest BCUT2D eigenvalue weighted by Crippen LogP contribution is 2.41. The molecule has 0 radical (unpaired) electrons. The van der Waals surface area contributed by atoms with Crippen LogP contribution in [0.3, 0.4) is 0 Å². The van der Waals surface area contributed by atoms with Gasteiger partial charge in [-0.2, -0.15) is 39.5 Å². The predicted molar refractivity (Wildman–Crippen MR) is 103 cm³/mol. The van der Waals surface area contributed by atoms with Gasteiger partial charge in [-0.3, -0.25) is 4.79 Å². The topological polar surface area (TPSA) is 61.4 Å². The van der Waals surface area contributed by atoms with E-state index in [2.05, 4.69) is 5.32 Å². The van der Waals surface area contributed by atoms with Gasteiger partial charge in [0, 0.05) is 18.7 Å². The van der Waals surface area contributed by atoms with Crippen molar-refractivity contribution < 1.29 is 49.4 Å². The molecule has 2 aromatic carbocycles. The van der Waals surface area contributed by atoms with Crippen LogP contribution in [-0.4, -0.2) is 23.7 Å². The molecule has 0 aliphatic heterocycles. The number of amides is 1.